The lowest BCUT2D eigenvalue weighted by atomic mass is 10.2. The number of esters is 1. The number of ether oxygens (including phenoxy) is 3. The molecule has 0 spiro atoms. The second-order valence-corrected chi connectivity index (χ2v) is 6.11. The van der Waals surface area contributed by atoms with Gasteiger partial charge in [-0.3, -0.25) is 4.79 Å². The summed E-state index contributed by atoms with van der Waals surface area (Å²) in [4.78, 5) is 27.7. The van der Waals surface area contributed by atoms with Crippen LogP contribution in [0.1, 0.15) is 16.2 Å². The highest BCUT2D eigenvalue weighted by molar-refractivity contribution is 6.04. The number of benzene rings is 2. The van der Waals surface area contributed by atoms with Gasteiger partial charge in [0, 0.05) is 30.7 Å². The highest BCUT2D eigenvalue weighted by atomic mass is 16.6. The van der Waals surface area contributed by atoms with E-state index in [1.54, 1.807) is 54.7 Å². The van der Waals surface area contributed by atoms with Crippen molar-refractivity contribution >= 4 is 17.6 Å². The van der Waals surface area contributed by atoms with Crippen molar-refractivity contribution in [2.45, 2.75) is 6.61 Å². The third kappa shape index (κ3) is 5.58. The molecule has 0 aliphatic heterocycles. The molecule has 1 amide bonds. The number of rotatable bonds is 8. The normalized spacial score (nSPS) is 10.3. The summed E-state index contributed by atoms with van der Waals surface area (Å²) in [7, 11) is 3.19. The van der Waals surface area contributed by atoms with Crippen molar-refractivity contribution in [2.24, 2.45) is 7.05 Å². The molecule has 0 saturated heterocycles. The number of nitrogens with one attached hydrogen (secondary N) is 1. The number of aromatic nitrogens is 2. The van der Waals surface area contributed by atoms with Crippen molar-refractivity contribution < 1.29 is 23.8 Å². The van der Waals surface area contributed by atoms with Gasteiger partial charge in [-0.2, -0.15) is 0 Å². The van der Waals surface area contributed by atoms with Crippen LogP contribution in [0, 0.1) is 0 Å². The van der Waals surface area contributed by atoms with Gasteiger partial charge in [-0.25, -0.2) is 9.78 Å². The number of aryl methyl sites for hydroxylation is 1. The number of hydrogen-bond donors (Lipinski definition) is 1. The van der Waals surface area contributed by atoms with E-state index in [0.29, 0.717) is 29.4 Å². The highest BCUT2D eigenvalue weighted by Gasteiger charge is 2.08. The van der Waals surface area contributed by atoms with E-state index in [2.05, 4.69) is 15.0 Å². The van der Waals surface area contributed by atoms with Gasteiger partial charge in [-0.1, -0.05) is 0 Å². The summed E-state index contributed by atoms with van der Waals surface area (Å²) in [5.74, 6) is 1.25. The first-order chi connectivity index (χ1) is 14.0. The molecule has 0 atom stereocenters. The molecule has 0 fully saturated rings. The largest absolute Gasteiger partial charge is 0.486 e. The molecule has 1 heterocycles. The Hall–Kier alpha value is -3.81. The Labute approximate surface area is 168 Å². The van der Waals surface area contributed by atoms with Gasteiger partial charge < -0.3 is 24.1 Å². The molecule has 2 aromatic carbocycles. The minimum absolute atomic E-state index is 0.170. The molecule has 3 aromatic rings. The zero-order valence-electron chi connectivity index (χ0n) is 16.1. The van der Waals surface area contributed by atoms with Crippen LogP contribution in [-0.2, 0) is 23.2 Å². The Bertz CT molecular complexity index is 965. The van der Waals surface area contributed by atoms with Crippen LogP contribution in [0.15, 0.2) is 60.9 Å². The topological polar surface area (TPSA) is 91.7 Å². The van der Waals surface area contributed by atoms with E-state index in [4.69, 9.17) is 9.47 Å². The van der Waals surface area contributed by atoms with E-state index < -0.39 is 5.97 Å². The van der Waals surface area contributed by atoms with Gasteiger partial charge >= 0.3 is 5.97 Å². The van der Waals surface area contributed by atoms with E-state index in [1.807, 2.05) is 17.8 Å². The van der Waals surface area contributed by atoms with Crippen molar-refractivity contribution in [3.8, 4) is 11.5 Å². The lowest BCUT2D eigenvalue weighted by Gasteiger charge is -2.09. The molecule has 3 rings (SSSR count). The van der Waals surface area contributed by atoms with Crippen LogP contribution in [0.5, 0.6) is 11.5 Å². The first-order valence-electron chi connectivity index (χ1n) is 8.85. The summed E-state index contributed by atoms with van der Waals surface area (Å²) in [6, 6.07) is 13.6. The van der Waals surface area contributed by atoms with E-state index in [1.165, 1.54) is 7.11 Å². The fraction of sp³-hybridized carbons (Fsp3) is 0.190. The quantitative estimate of drug-likeness (QED) is 0.590. The first-order valence-corrected chi connectivity index (χ1v) is 8.85. The van der Waals surface area contributed by atoms with Crippen molar-refractivity contribution in [3.63, 3.8) is 0 Å². The zero-order valence-corrected chi connectivity index (χ0v) is 16.1. The molecule has 0 radical (unpaired) electrons. The standard InChI is InChI=1S/C21H21N3O5/c1-24-12-11-22-19(24)13-28-17-7-3-15(4-8-17)21(26)23-16-5-9-18(10-6-16)29-14-20(25)27-2/h3-12H,13-14H2,1-2H3,(H,23,26). The van der Waals surface area contributed by atoms with E-state index in [-0.39, 0.29) is 12.5 Å². The second-order valence-electron chi connectivity index (χ2n) is 6.11. The van der Waals surface area contributed by atoms with Crippen molar-refractivity contribution in [2.75, 3.05) is 19.0 Å². The maximum absolute atomic E-state index is 12.4. The van der Waals surface area contributed by atoms with Crippen LogP contribution in [0.25, 0.3) is 0 Å². The number of carbonyl (C=O) groups is 2. The second kappa shape index (κ2) is 9.41. The van der Waals surface area contributed by atoms with Crippen LogP contribution < -0.4 is 14.8 Å². The number of hydrogen-bond acceptors (Lipinski definition) is 6. The van der Waals surface area contributed by atoms with Gasteiger partial charge in [0.1, 0.15) is 23.9 Å². The molecular weight excluding hydrogens is 374 g/mol. The summed E-state index contributed by atoms with van der Waals surface area (Å²) in [5.41, 5.74) is 1.11. The number of nitrogens with zero attached hydrogens (tertiary/aromatic N) is 2. The van der Waals surface area contributed by atoms with Gasteiger partial charge in [0.05, 0.1) is 7.11 Å². The van der Waals surface area contributed by atoms with Crippen LogP contribution in [0.2, 0.25) is 0 Å². The van der Waals surface area contributed by atoms with Gasteiger partial charge in [0.15, 0.2) is 6.61 Å². The van der Waals surface area contributed by atoms with Crippen molar-refractivity contribution in [1.29, 1.82) is 0 Å². The average molecular weight is 395 g/mol. The lowest BCUT2D eigenvalue weighted by molar-refractivity contribution is -0.142. The molecule has 8 heteroatoms. The molecule has 0 saturated carbocycles. The fourth-order valence-corrected chi connectivity index (χ4v) is 2.42. The summed E-state index contributed by atoms with van der Waals surface area (Å²) in [6.07, 6.45) is 3.56. The number of imidazole rings is 1. The minimum atomic E-state index is -0.463. The average Bonchev–Trinajstić information content (AvgIpc) is 3.16. The molecular formula is C21H21N3O5. The summed E-state index contributed by atoms with van der Waals surface area (Å²) >= 11 is 0. The third-order valence-electron chi connectivity index (χ3n) is 4.10. The maximum atomic E-state index is 12.4. The molecule has 150 valence electrons. The highest BCUT2D eigenvalue weighted by Crippen LogP contribution is 2.18. The number of carbonyl (C=O) groups excluding carboxylic acids is 2. The van der Waals surface area contributed by atoms with Gasteiger partial charge in [-0.05, 0) is 48.5 Å². The van der Waals surface area contributed by atoms with Crippen LogP contribution in [0.3, 0.4) is 0 Å². The number of anilines is 1. The maximum Gasteiger partial charge on any atom is 0.343 e. The van der Waals surface area contributed by atoms with Crippen LogP contribution in [0.4, 0.5) is 5.69 Å². The molecule has 0 unspecified atom stereocenters. The Morgan fingerprint density at radius 2 is 1.66 bits per heavy atom. The molecule has 1 N–H and O–H groups in total. The van der Waals surface area contributed by atoms with Crippen molar-refractivity contribution in [3.05, 3.63) is 72.3 Å². The lowest BCUT2D eigenvalue weighted by Crippen LogP contribution is -2.13. The molecule has 29 heavy (non-hydrogen) atoms. The van der Waals surface area contributed by atoms with Crippen molar-refractivity contribution in [1.82, 2.24) is 9.55 Å². The van der Waals surface area contributed by atoms with Gasteiger partial charge in [-0.15, -0.1) is 0 Å². The van der Waals surface area contributed by atoms with E-state index in [0.717, 1.165) is 5.82 Å². The third-order valence-corrected chi connectivity index (χ3v) is 4.10. The fourth-order valence-electron chi connectivity index (χ4n) is 2.42. The predicted octanol–water partition coefficient (Wildman–Crippen LogP) is 2.80. The van der Waals surface area contributed by atoms with E-state index >= 15 is 0 Å². The molecule has 0 bridgehead atoms. The SMILES string of the molecule is COC(=O)COc1ccc(NC(=O)c2ccc(OCc3nccn3C)cc2)cc1. The minimum Gasteiger partial charge on any atom is -0.486 e. The van der Waals surface area contributed by atoms with Gasteiger partial charge in [0.25, 0.3) is 5.91 Å². The molecule has 0 aliphatic rings. The van der Waals surface area contributed by atoms with Crippen LogP contribution in [-0.4, -0.2) is 35.1 Å². The van der Waals surface area contributed by atoms with Gasteiger partial charge in [0.2, 0.25) is 0 Å². The molecule has 0 aliphatic carbocycles. The Morgan fingerprint density at radius 3 is 2.28 bits per heavy atom. The monoisotopic (exact) mass is 395 g/mol. The predicted molar refractivity (Wildman–Crippen MR) is 106 cm³/mol. The Morgan fingerprint density at radius 1 is 1.00 bits per heavy atom. The Kier molecular flexibility index (Phi) is 6.47. The smallest absolute Gasteiger partial charge is 0.343 e. The molecule has 1 aromatic heterocycles. The molecule has 8 nitrogen and oxygen atoms in total. The summed E-state index contributed by atoms with van der Waals surface area (Å²) in [5, 5.41) is 2.80. The Balaban J connectivity index is 1.52. The number of methoxy groups -OCH3 is 1. The zero-order chi connectivity index (χ0) is 20.6. The number of amides is 1. The van der Waals surface area contributed by atoms with E-state index in [9.17, 15) is 9.59 Å². The summed E-state index contributed by atoms with van der Waals surface area (Å²) in [6.45, 7) is 0.177. The van der Waals surface area contributed by atoms with Crippen LogP contribution >= 0.6 is 0 Å². The summed E-state index contributed by atoms with van der Waals surface area (Å²) < 4.78 is 17.3. The first kappa shape index (κ1) is 19.9.